The molecule has 90 valence electrons. The van der Waals surface area contributed by atoms with E-state index >= 15 is 0 Å². The largest absolute Gasteiger partial charge is 0.337 e. The second-order valence-corrected chi connectivity index (χ2v) is 3.51. The summed E-state index contributed by atoms with van der Waals surface area (Å²) in [6, 6.07) is 0. The Hall–Kier alpha value is -2.25. The highest BCUT2D eigenvalue weighted by atomic mass is 16.6. The number of aromatic nitrogens is 4. The molecule has 0 aliphatic heterocycles. The molecule has 0 saturated heterocycles. The normalized spacial score (nSPS) is 10.7. The summed E-state index contributed by atoms with van der Waals surface area (Å²) < 4.78 is 6.39. The Balaban J connectivity index is 2.18. The quantitative estimate of drug-likeness (QED) is 0.583. The molecule has 8 heteroatoms. The molecule has 0 radical (unpaired) electrons. The van der Waals surface area contributed by atoms with E-state index in [1.54, 1.807) is 6.92 Å². The zero-order valence-corrected chi connectivity index (χ0v) is 9.45. The van der Waals surface area contributed by atoms with E-state index in [-0.39, 0.29) is 12.2 Å². The molecule has 0 saturated carbocycles. The maximum atomic E-state index is 10.6. The van der Waals surface area contributed by atoms with Crippen LogP contribution in [0.3, 0.4) is 0 Å². The lowest BCUT2D eigenvalue weighted by Crippen LogP contribution is -2.00. The molecular formula is C9H11N5O3. The van der Waals surface area contributed by atoms with Crippen molar-refractivity contribution in [2.75, 3.05) is 0 Å². The van der Waals surface area contributed by atoms with Crippen molar-refractivity contribution in [2.45, 2.75) is 26.8 Å². The van der Waals surface area contributed by atoms with E-state index in [1.165, 1.54) is 10.9 Å². The first kappa shape index (κ1) is 11.2. The summed E-state index contributed by atoms with van der Waals surface area (Å²) in [4.78, 5) is 14.3. The topological polar surface area (TPSA) is 99.9 Å². The molecule has 2 aromatic rings. The molecule has 0 atom stereocenters. The third kappa shape index (κ3) is 2.30. The van der Waals surface area contributed by atoms with Crippen molar-refractivity contribution in [3.63, 3.8) is 0 Å². The third-order valence-corrected chi connectivity index (χ3v) is 2.24. The molecule has 0 aliphatic rings. The number of hydrogen-bond acceptors (Lipinski definition) is 6. The Labute approximate surface area is 96.4 Å². The van der Waals surface area contributed by atoms with E-state index < -0.39 is 4.92 Å². The highest BCUT2D eigenvalue weighted by molar-refractivity contribution is 5.31. The van der Waals surface area contributed by atoms with Crippen LogP contribution in [0.2, 0.25) is 0 Å². The van der Waals surface area contributed by atoms with E-state index in [1.807, 2.05) is 6.92 Å². The molecule has 17 heavy (non-hydrogen) atoms. The maximum Gasteiger partial charge on any atom is 0.309 e. The van der Waals surface area contributed by atoms with Crippen LogP contribution in [0.1, 0.15) is 24.3 Å². The molecule has 0 unspecified atom stereocenters. The summed E-state index contributed by atoms with van der Waals surface area (Å²) in [5.41, 5.74) is 0.352. The van der Waals surface area contributed by atoms with Gasteiger partial charge in [-0.05, 0) is 6.92 Å². The Bertz CT molecular complexity index is 545. The average molecular weight is 237 g/mol. The standard InChI is InChI=1S/C9H11N5O3/c1-3-8-10-9(17-12-8)5-13-4-7(14(15)16)6(2)11-13/h4H,3,5H2,1-2H3. The van der Waals surface area contributed by atoms with E-state index in [4.69, 9.17) is 4.52 Å². The molecule has 0 N–H and O–H groups in total. The fraction of sp³-hybridized carbons (Fsp3) is 0.444. The molecule has 8 nitrogen and oxygen atoms in total. The van der Waals surface area contributed by atoms with Crippen LogP contribution in [0.5, 0.6) is 0 Å². The lowest BCUT2D eigenvalue weighted by atomic mass is 10.4. The monoisotopic (exact) mass is 237 g/mol. The summed E-state index contributed by atoms with van der Waals surface area (Å²) in [7, 11) is 0. The van der Waals surface area contributed by atoms with Crippen LogP contribution in [-0.4, -0.2) is 24.8 Å². The van der Waals surface area contributed by atoms with Crippen LogP contribution < -0.4 is 0 Å². The van der Waals surface area contributed by atoms with Gasteiger partial charge in [-0.15, -0.1) is 0 Å². The fourth-order valence-corrected chi connectivity index (χ4v) is 1.40. The second kappa shape index (κ2) is 4.32. The second-order valence-electron chi connectivity index (χ2n) is 3.51. The van der Waals surface area contributed by atoms with Crippen LogP contribution in [0, 0.1) is 17.0 Å². The van der Waals surface area contributed by atoms with Crippen LogP contribution in [0.4, 0.5) is 5.69 Å². The van der Waals surface area contributed by atoms with Crippen molar-refractivity contribution in [2.24, 2.45) is 0 Å². The first-order chi connectivity index (χ1) is 8.10. The van der Waals surface area contributed by atoms with Gasteiger partial charge < -0.3 is 4.52 Å². The molecule has 0 aliphatic carbocycles. The number of nitro groups is 1. The fourth-order valence-electron chi connectivity index (χ4n) is 1.40. The number of rotatable bonds is 4. The van der Waals surface area contributed by atoms with Crippen LogP contribution in [0.25, 0.3) is 0 Å². The van der Waals surface area contributed by atoms with Crippen molar-refractivity contribution in [3.05, 3.63) is 33.7 Å². The molecular weight excluding hydrogens is 226 g/mol. The minimum Gasteiger partial charge on any atom is -0.337 e. The van der Waals surface area contributed by atoms with Gasteiger partial charge >= 0.3 is 5.69 Å². The average Bonchev–Trinajstić information content (AvgIpc) is 2.85. The van der Waals surface area contributed by atoms with Gasteiger partial charge in [-0.1, -0.05) is 12.1 Å². The Kier molecular flexibility index (Phi) is 2.86. The predicted octanol–water partition coefficient (Wildman–Crippen LogP) is 1.09. The van der Waals surface area contributed by atoms with Gasteiger partial charge in [-0.2, -0.15) is 10.1 Å². The third-order valence-electron chi connectivity index (χ3n) is 2.24. The van der Waals surface area contributed by atoms with Crippen LogP contribution in [0.15, 0.2) is 10.7 Å². The van der Waals surface area contributed by atoms with Gasteiger partial charge in [0.15, 0.2) is 5.82 Å². The molecule has 0 amide bonds. The molecule has 2 aromatic heterocycles. The highest BCUT2D eigenvalue weighted by Crippen LogP contribution is 2.15. The first-order valence-electron chi connectivity index (χ1n) is 5.10. The SMILES string of the molecule is CCc1noc(Cn2cc([N+](=O)[O-])c(C)n2)n1. The number of nitrogens with zero attached hydrogens (tertiary/aromatic N) is 5. The zero-order chi connectivity index (χ0) is 12.4. The van der Waals surface area contributed by atoms with Crippen LogP contribution in [-0.2, 0) is 13.0 Å². The van der Waals surface area contributed by atoms with Crippen LogP contribution >= 0.6 is 0 Å². The summed E-state index contributed by atoms with van der Waals surface area (Å²) in [6.07, 6.45) is 2.03. The van der Waals surface area contributed by atoms with E-state index in [0.29, 0.717) is 23.8 Å². The van der Waals surface area contributed by atoms with Gasteiger partial charge in [0.2, 0.25) is 5.89 Å². The minimum absolute atomic E-state index is 0.0137. The maximum absolute atomic E-state index is 10.6. The van der Waals surface area contributed by atoms with Crippen molar-refractivity contribution in [1.29, 1.82) is 0 Å². The van der Waals surface area contributed by atoms with Gasteiger partial charge in [0.25, 0.3) is 0 Å². The van der Waals surface area contributed by atoms with Gasteiger partial charge in [0, 0.05) is 6.42 Å². The lowest BCUT2D eigenvalue weighted by molar-refractivity contribution is -0.385. The van der Waals surface area contributed by atoms with Crippen molar-refractivity contribution in [1.82, 2.24) is 19.9 Å². The summed E-state index contributed by atoms with van der Waals surface area (Å²) in [6.45, 7) is 3.74. The van der Waals surface area contributed by atoms with Gasteiger partial charge in [-0.3, -0.25) is 14.8 Å². The smallest absolute Gasteiger partial charge is 0.309 e. The Morgan fingerprint density at radius 1 is 1.59 bits per heavy atom. The molecule has 0 fully saturated rings. The Morgan fingerprint density at radius 3 is 2.88 bits per heavy atom. The van der Waals surface area contributed by atoms with E-state index in [0.717, 1.165) is 0 Å². The van der Waals surface area contributed by atoms with Crippen molar-refractivity contribution in [3.8, 4) is 0 Å². The first-order valence-corrected chi connectivity index (χ1v) is 5.10. The number of aryl methyl sites for hydroxylation is 2. The summed E-state index contributed by atoms with van der Waals surface area (Å²) >= 11 is 0. The van der Waals surface area contributed by atoms with Crippen molar-refractivity contribution >= 4 is 5.69 Å². The minimum atomic E-state index is -0.468. The van der Waals surface area contributed by atoms with Gasteiger partial charge in [0.1, 0.15) is 18.4 Å². The number of hydrogen-bond donors (Lipinski definition) is 0. The highest BCUT2D eigenvalue weighted by Gasteiger charge is 2.16. The molecule has 0 spiro atoms. The van der Waals surface area contributed by atoms with Crippen molar-refractivity contribution < 1.29 is 9.45 Å². The molecule has 2 rings (SSSR count). The predicted molar refractivity (Wildman–Crippen MR) is 56.4 cm³/mol. The van der Waals surface area contributed by atoms with Gasteiger partial charge in [0.05, 0.1) is 4.92 Å². The Morgan fingerprint density at radius 2 is 2.35 bits per heavy atom. The lowest BCUT2D eigenvalue weighted by Gasteiger charge is -1.92. The molecule has 0 aromatic carbocycles. The summed E-state index contributed by atoms with van der Waals surface area (Å²) in [5.74, 6) is 0.998. The van der Waals surface area contributed by atoms with E-state index in [9.17, 15) is 10.1 Å². The summed E-state index contributed by atoms with van der Waals surface area (Å²) in [5, 5.41) is 18.4. The molecule has 2 heterocycles. The molecule has 0 bridgehead atoms. The zero-order valence-electron chi connectivity index (χ0n) is 9.45. The van der Waals surface area contributed by atoms with E-state index in [2.05, 4.69) is 15.2 Å². The van der Waals surface area contributed by atoms with Gasteiger partial charge in [-0.25, -0.2) is 0 Å².